The third kappa shape index (κ3) is 2.23. The summed E-state index contributed by atoms with van der Waals surface area (Å²) in [7, 11) is 1.88. The number of rotatable bonds is 5. The fourth-order valence-electron chi connectivity index (χ4n) is 1.14. The highest BCUT2D eigenvalue weighted by atomic mass is 15.2. The standard InChI is InChI=1S/C8H16N4/c1-10-8-11-5-7-12(8)6-3-2-4-9/h5,7H,2-4,6,9H2,1H3,(H,10,11). The van der Waals surface area contributed by atoms with Crippen molar-refractivity contribution >= 4 is 5.95 Å². The number of hydrogen-bond acceptors (Lipinski definition) is 3. The molecule has 0 bridgehead atoms. The van der Waals surface area contributed by atoms with E-state index in [0.29, 0.717) is 0 Å². The number of nitrogens with one attached hydrogen (secondary N) is 1. The van der Waals surface area contributed by atoms with Gasteiger partial charge in [-0.05, 0) is 19.4 Å². The van der Waals surface area contributed by atoms with Crippen LogP contribution in [0.4, 0.5) is 5.95 Å². The van der Waals surface area contributed by atoms with E-state index in [9.17, 15) is 0 Å². The van der Waals surface area contributed by atoms with E-state index in [1.54, 1.807) is 6.20 Å². The molecule has 0 amide bonds. The lowest BCUT2D eigenvalue weighted by molar-refractivity contribution is 0.619. The highest BCUT2D eigenvalue weighted by Gasteiger charge is 1.97. The zero-order valence-electron chi connectivity index (χ0n) is 7.45. The highest BCUT2D eigenvalue weighted by Crippen LogP contribution is 2.04. The van der Waals surface area contributed by atoms with Crippen molar-refractivity contribution in [2.45, 2.75) is 19.4 Å². The summed E-state index contributed by atoms with van der Waals surface area (Å²) in [6.45, 7) is 1.76. The molecular weight excluding hydrogens is 152 g/mol. The summed E-state index contributed by atoms with van der Waals surface area (Å²) in [5.74, 6) is 0.923. The van der Waals surface area contributed by atoms with Crippen molar-refractivity contribution in [3.05, 3.63) is 12.4 Å². The van der Waals surface area contributed by atoms with Crippen molar-refractivity contribution in [3.8, 4) is 0 Å². The van der Waals surface area contributed by atoms with Crippen LogP contribution >= 0.6 is 0 Å². The molecule has 0 unspecified atom stereocenters. The number of aryl methyl sites for hydroxylation is 1. The molecule has 0 aliphatic carbocycles. The first-order chi connectivity index (χ1) is 5.88. The van der Waals surface area contributed by atoms with Gasteiger partial charge >= 0.3 is 0 Å². The van der Waals surface area contributed by atoms with Gasteiger partial charge in [0.1, 0.15) is 0 Å². The van der Waals surface area contributed by atoms with Gasteiger partial charge in [-0.15, -0.1) is 0 Å². The second-order valence-electron chi connectivity index (χ2n) is 2.69. The molecule has 0 aromatic carbocycles. The van der Waals surface area contributed by atoms with Crippen LogP contribution in [0.25, 0.3) is 0 Å². The van der Waals surface area contributed by atoms with Crippen molar-refractivity contribution in [2.75, 3.05) is 18.9 Å². The summed E-state index contributed by atoms with van der Waals surface area (Å²) in [5, 5.41) is 3.02. The topological polar surface area (TPSA) is 55.9 Å². The largest absolute Gasteiger partial charge is 0.359 e. The maximum atomic E-state index is 5.40. The first kappa shape index (κ1) is 9.06. The quantitative estimate of drug-likeness (QED) is 0.635. The summed E-state index contributed by atoms with van der Waals surface area (Å²) in [6, 6.07) is 0. The molecule has 0 saturated carbocycles. The van der Waals surface area contributed by atoms with E-state index in [-0.39, 0.29) is 0 Å². The molecule has 1 aromatic rings. The third-order valence-electron chi connectivity index (χ3n) is 1.79. The molecule has 0 fully saturated rings. The van der Waals surface area contributed by atoms with E-state index in [4.69, 9.17) is 5.73 Å². The van der Waals surface area contributed by atoms with E-state index in [1.165, 1.54) is 0 Å². The second-order valence-corrected chi connectivity index (χ2v) is 2.69. The predicted molar refractivity (Wildman–Crippen MR) is 50.1 cm³/mol. The van der Waals surface area contributed by atoms with Crippen molar-refractivity contribution in [3.63, 3.8) is 0 Å². The van der Waals surface area contributed by atoms with Gasteiger partial charge in [-0.25, -0.2) is 4.98 Å². The predicted octanol–water partition coefficient (Wildman–Crippen LogP) is 0.664. The monoisotopic (exact) mass is 168 g/mol. The number of imidazole rings is 1. The molecular formula is C8H16N4. The Hall–Kier alpha value is -1.03. The number of aromatic nitrogens is 2. The number of hydrogen-bond donors (Lipinski definition) is 2. The molecule has 4 nitrogen and oxygen atoms in total. The third-order valence-corrected chi connectivity index (χ3v) is 1.79. The summed E-state index contributed by atoms with van der Waals surface area (Å²) in [4.78, 5) is 4.13. The maximum absolute atomic E-state index is 5.40. The van der Waals surface area contributed by atoms with E-state index >= 15 is 0 Å². The zero-order chi connectivity index (χ0) is 8.81. The molecule has 4 heteroatoms. The molecule has 1 rings (SSSR count). The first-order valence-corrected chi connectivity index (χ1v) is 4.27. The van der Waals surface area contributed by atoms with Gasteiger partial charge in [-0.1, -0.05) is 0 Å². The van der Waals surface area contributed by atoms with Gasteiger partial charge in [0, 0.05) is 26.0 Å². The van der Waals surface area contributed by atoms with Crippen molar-refractivity contribution in [2.24, 2.45) is 5.73 Å². The molecule has 0 radical (unpaired) electrons. The van der Waals surface area contributed by atoms with Crippen LogP contribution in [-0.2, 0) is 6.54 Å². The van der Waals surface area contributed by atoms with E-state index in [1.807, 2.05) is 13.2 Å². The minimum absolute atomic E-state index is 0.767. The highest BCUT2D eigenvalue weighted by molar-refractivity contribution is 5.23. The van der Waals surface area contributed by atoms with Crippen molar-refractivity contribution < 1.29 is 0 Å². The minimum atomic E-state index is 0.767. The first-order valence-electron chi connectivity index (χ1n) is 4.27. The van der Waals surface area contributed by atoms with Crippen LogP contribution in [0.2, 0.25) is 0 Å². The molecule has 0 spiro atoms. The fourth-order valence-corrected chi connectivity index (χ4v) is 1.14. The summed E-state index contributed by atoms with van der Waals surface area (Å²) in [5.41, 5.74) is 5.40. The Balaban J connectivity index is 2.39. The Morgan fingerprint density at radius 2 is 2.42 bits per heavy atom. The molecule has 0 aliphatic heterocycles. The summed E-state index contributed by atoms with van der Waals surface area (Å²) < 4.78 is 2.09. The number of nitrogens with two attached hydrogens (primary N) is 1. The molecule has 1 heterocycles. The molecule has 3 N–H and O–H groups in total. The van der Waals surface area contributed by atoms with E-state index in [0.717, 1.165) is 31.9 Å². The van der Waals surface area contributed by atoms with E-state index in [2.05, 4.69) is 14.9 Å². The Morgan fingerprint density at radius 3 is 3.08 bits per heavy atom. The molecule has 0 aliphatic rings. The van der Waals surface area contributed by atoms with Crippen molar-refractivity contribution in [1.29, 1.82) is 0 Å². The van der Waals surface area contributed by atoms with Gasteiger partial charge in [0.05, 0.1) is 0 Å². The van der Waals surface area contributed by atoms with Gasteiger partial charge in [0.2, 0.25) is 5.95 Å². The van der Waals surface area contributed by atoms with Gasteiger partial charge in [0.15, 0.2) is 0 Å². The Bertz CT molecular complexity index is 219. The number of nitrogens with zero attached hydrogens (tertiary/aromatic N) is 2. The van der Waals surface area contributed by atoms with Gasteiger partial charge in [-0.3, -0.25) is 0 Å². The van der Waals surface area contributed by atoms with Crippen LogP contribution in [0.3, 0.4) is 0 Å². The van der Waals surface area contributed by atoms with Crippen LogP contribution in [0.1, 0.15) is 12.8 Å². The maximum Gasteiger partial charge on any atom is 0.202 e. The van der Waals surface area contributed by atoms with Crippen molar-refractivity contribution in [1.82, 2.24) is 9.55 Å². The van der Waals surface area contributed by atoms with Gasteiger partial charge in [0.25, 0.3) is 0 Å². The zero-order valence-corrected chi connectivity index (χ0v) is 7.45. The molecule has 1 aromatic heterocycles. The normalized spacial score (nSPS) is 10.2. The summed E-state index contributed by atoms with van der Waals surface area (Å²) in [6.07, 6.45) is 5.96. The van der Waals surface area contributed by atoms with Gasteiger partial charge < -0.3 is 15.6 Å². The molecule has 0 saturated heterocycles. The van der Waals surface area contributed by atoms with E-state index < -0.39 is 0 Å². The Labute approximate surface area is 72.8 Å². The van der Waals surface area contributed by atoms with Crippen LogP contribution in [-0.4, -0.2) is 23.1 Å². The smallest absolute Gasteiger partial charge is 0.202 e. The van der Waals surface area contributed by atoms with Crippen LogP contribution < -0.4 is 11.1 Å². The van der Waals surface area contributed by atoms with Crippen LogP contribution in [0, 0.1) is 0 Å². The lowest BCUT2D eigenvalue weighted by Gasteiger charge is -2.05. The SMILES string of the molecule is CNc1nccn1CCCCN. The number of unbranched alkanes of at least 4 members (excludes halogenated alkanes) is 1. The summed E-state index contributed by atoms with van der Waals surface area (Å²) >= 11 is 0. The Kier molecular flexibility index (Phi) is 3.60. The van der Waals surface area contributed by atoms with Crippen LogP contribution in [0.15, 0.2) is 12.4 Å². The molecule has 12 heavy (non-hydrogen) atoms. The average Bonchev–Trinajstić information content (AvgIpc) is 2.52. The minimum Gasteiger partial charge on any atom is -0.359 e. The molecule has 68 valence electrons. The number of anilines is 1. The fraction of sp³-hybridized carbons (Fsp3) is 0.625. The lowest BCUT2D eigenvalue weighted by atomic mass is 10.3. The second kappa shape index (κ2) is 4.77. The average molecular weight is 168 g/mol. The van der Waals surface area contributed by atoms with Gasteiger partial charge in [-0.2, -0.15) is 0 Å². The molecule has 0 atom stereocenters. The van der Waals surface area contributed by atoms with Crippen LogP contribution in [0.5, 0.6) is 0 Å². The Morgan fingerprint density at radius 1 is 1.58 bits per heavy atom. The lowest BCUT2D eigenvalue weighted by Crippen LogP contribution is -2.05.